The molecule has 2 aliphatic rings. The maximum absolute atomic E-state index is 9.70. The Hall–Kier alpha value is -2.15. The standard InChI is InChI=1S/C18H26N6O/c1-13-9-14(2)24(22-13)12-18(5-6-18)11-20-17-19-7-3-16(21-17)23-8-4-15(25)10-23/h3,7,9,15,25H,4-6,8,10-12H2,1-2H3,(H,19,20,21)/t15-/m0/s1. The zero-order valence-electron chi connectivity index (χ0n) is 14.9. The predicted octanol–water partition coefficient (Wildman–Crippen LogP) is 1.75. The van der Waals surface area contributed by atoms with Crippen molar-refractivity contribution in [2.24, 2.45) is 5.41 Å². The van der Waals surface area contributed by atoms with E-state index in [9.17, 15) is 5.11 Å². The monoisotopic (exact) mass is 342 g/mol. The van der Waals surface area contributed by atoms with Crippen LogP contribution in [0, 0.1) is 19.3 Å². The largest absolute Gasteiger partial charge is 0.391 e. The molecule has 2 fully saturated rings. The van der Waals surface area contributed by atoms with Gasteiger partial charge in [-0.05, 0) is 45.2 Å². The molecule has 1 aliphatic carbocycles. The van der Waals surface area contributed by atoms with E-state index in [1.807, 2.05) is 13.0 Å². The van der Waals surface area contributed by atoms with Crippen molar-refractivity contribution in [1.29, 1.82) is 0 Å². The lowest BCUT2D eigenvalue weighted by atomic mass is 10.1. The molecule has 0 amide bonds. The first-order valence-corrected chi connectivity index (χ1v) is 9.04. The number of aliphatic hydroxyl groups excluding tert-OH is 1. The van der Waals surface area contributed by atoms with Crippen LogP contribution in [0.3, 0.4) is 0 Å². The summed E-state index contributed by atoms with van der Waals surface area (Å²) in [7, 11) is 0. The van der Waals surface area contributed by atoms with Crippen molar-refractivity contribution in [2.45, 2.75) is 45.8 Å². The molecule has 7 heteroatoms. The van der Waals surface area contributed by atoms with Crippen molar-refractivity contribution in [2.75, 3.05) is 29.9 Å². The summed E-state index contributed by atoms with van der Waals surface area (Å²) in [6, 6.07) is 4.03. The predicted molar refractivity (Wildman–Crippen MR) is 96.7 cm³/mol. The van der Waals surface area contributed by atoms with Crippen molar-refractivity contribution >= 4 is 11.8 Å². The van der Waals surface area contributed by atoms with Crippen LogP contribution in [-0.2, 0) is 6.54 Å². The lowest BCUT2D eigenvalue weighted by Gasteiger charge is -2.19. The normalized spacial score (nSPS) is 21.6. The Labute approximate surface area is 148 Å². The fourth-order valence-electron chi connectivity index (χ4n) is 3.55. The third kappa shape index (κ3) is 3.61. The molecule has 1 aliphatic heterocycles. The van der Waals surface area contributed by atoms with Gasteiger partial charge in [0, 0.05) is 43.5 Å². The number of rotatable bonds is 6. The number of anilines is 2. The minimum atomic E-state index is -0.248. The molecule has 2 aromatic rings. The number of aromatic nitrogens is 4. The minimum Gasteiger partial charge on any atom is -0.391 e. The van der Waals surface area contributed by atoms with Gasteiger partial charge in [-0.3, -0.25) is 4.68 Å². The van der Waals surface area contributed by atoms with Gasteiger partial charge >= 0.3 is 0 Å². The van der Waals surface area contributed by atoms with E-state index < -0.39 is 0 Å². The first-order chi connectivity index (χ1) is 12.0. The Morgan fingerprint density at radius 2 is 2.20 bits per heavy atom. The second kappa shape index (κ2) is 6.29. The van der Waals surface area contributed by atoms with E-state index in [4.69, 9.17) is 0 Å². The molecule has 2 N–H and O–H groups in total. The smallest absolute Gasteiger partial charge is 0.224 e. The number of nitrogens with zero attached hydrogens (tertiary/aromatic N) is 5. The van der Waals surface area contributed by atoms with Crippen LogP contribution in [0.5, 0.6) is 0 Å². The van der Waals surface area contributed by atoms with Gasteiger partial charge in [-0.1, -0.05) is 0 Å². The summed E-state index contributed by atoms with van der Waals surface area (Å²) < 4.78 is 2.12. The lowest BCUT2D eigenvalue weighted by Crippen LogP contribution is -2.25. The van der Waals surface area contributed by atoms with Crippen molar-refractivity contribution in [3.8, 4) is 0 Å². The molecular formula is C18H26N6O. The van der Waals surface area contributed by atoms with Gasteiger partial charge in [0.25, 0.3) is 0 Å². The summed E-state index contributed by atoms with van der Waals surface area (Å²) >= 11 is 0. The van der Waals surface area contributed by atoms with Gasteiger partial charge in [0.1, 0.15) is 5.82 Å². The van der Waals surface area contributed by atoms with Crippen LogP contribution >= 0.6 is 0 Å². The Morgan fingerprint density at radius 1 is 1.36 bits per heavy atom. The summed E-state index contributed by atoms with van der Waals surface area (Å²) in [6.45, 7) is 7.45. The highest BCUT2D eigenvalue weighted by Crippen LogP contribution is 2.47. The first kappa shape index (κ1) is 16.3. The van der Waals surface area contributed by atoms with E-state index in [0.29, 0.717) is 12.5 Å². The van der Waals surface area contributed by atoms with Crippen LogP contribution in [0.2, 0.25) is 0 Å². The van der Waals surface area contributed by atoms with Gasteiger partial charge in [-0.15, -0.1) is 0 Å². The van der Waals surface area contributed by atoms with Crippen LogP contribution < -0.4 is 10.2 Å². The fourth-order valence-corrected chi connectivity index (χ4v) is 3.55. The van der Waals surface area contributed by atoms with E-state index >= 15 is 0 Å². The maximum Gasteiger partial charge on any atom is 0.224 e. The molecule has 0 spiro atoms. The molecule has 1 saturated carbocycles. The molecule has 4 rings (SSSR count). The van der Waals surface area contributed by atoms with Gasteiger partial charge in [0.15, 0.2) is 0 Å². The second-order valence-corrected chi connectivity index (χ2v) is 7.57. The van der Waals surface area contributed by atoms with E-state index in [-0.39, 0.29) is 11.5 Å². The van der Waals surface area contributed by atoms with Gasteiger partial charge in [-0.25, -0.2) is 4.98 Å². The molecule has 25 heavy (non-hydrogen) atoms. The van der Waals surface area contributed by atoms with E-state index in [1.165, 1.54) is 18.5 Å². The average molecular weight is 342 g/mol. The minimum absolute atomic E-state index is 0.248. The molecule has 1 saturated heterocycles. The Kier molecular flexibility index (Phi) is 4.11. The highest BCUT2D eigenvalue weighted by Gasteiger charge is 2.43. The Balaban J connectivity index is 1.39. The van der Waals surface area contributed by atoms with Crippen LogP contribution in [-0.4, -0.2) is 50.6 Å². The van der Waals surface area contributed by atoms with E-state index in [1.54, 1.807) is 6.20 Å². The highest BCUT2D eigenvalue weighted by molar-refractivity contribution is 5.43. The van der Waals surface area contributed by atoms with Gasteiger partial charge in [0.05, 0.1) is 11.8 Å². The molecular weight excluding hydrogens is 316 g/mol. The van der Waals surface area contributed by atoms with Crippen LogP contribution in [0.1, 0.15) is 30.7 Å². The molecule has 2 aromatic heterocycles. The van der Waals surface area contributed by atoms with Crippen molar-refractivity contribution < 1.29 is 5.11 Å². The third-order valence-electron chi connectivity index (χ3n) is 5.30. The average Bonchev–Trinajstić information content (AvgIpc) is 3.09. The highest BCUT2D eigenvalue weighted by atomic mass is 16.3. The molecule has 0 unspecified atom stereocenters. The Morgan fingerprint density at radius 3 is 2.84 bits per heavy atom. The number of nitrogens with one attached hydrogen (secondary N) is 1. The number of aliphatic hydroxyl groups is 1. The summed E-state index contributed by atoms with van der Waals surface area (Å²) in [5, 5.41) is 17.7. The zero-order chi connectivity index (χ0) is 17.4. The zero-order valence-corrected chi connectivity index (χ0v) is 14.9. The van der Waals surface area contributed by atoms with Crippen molar-refractivity contribution in [1.82, 2.24) is 19.7 Å². The first-order valence-electron chi connectivity index (χ1n) is 9.04. The summed E-state index contributed by atoms with van der Waals surface area (Å²) in [5.74, 6) is 1.55. The number of hydrogen-bond acceptors (Lipinski definition) is 6. The second-order valence-electron chi connectivity index (χ2n) is 7.57. The number of hydrogen-bond donors (Lipinski definition) is 2. The van der Waals surface area contributed by atoms with Crippen LogP contribution in [0.25, 0.3) is 0 Å². The molecule has 0 bridgehead atoms. The van der Waals surface area contributed by atoms with Crippen molar-refractivity contribution in [3.05, 3.63) is 29.7 Å². The van der Waals surface area contributed by atoms with Crippen LogP contribution in [0.4, 0.5) is 11.8 Å². The van der Waals surface area contributed by atoms with Gasteiger partial charge in [0.2, 0.25) is 5.95 Å². The summed E-state index contributed by atoms with van der Waals surface area (Å²) in [6.07, 6.45) is 4.75. The lowest BCUT2D eigenvalue weighted by molar-refractivity contribution is 0.198. The fraction of sp³-hybridized carbons (Fsp3) is 0.611. The number of β-amino-alcohol motifs (C(OH)–C–C–N with tert-alkyl or cyclic N) is 1. The molecule has 0 radical (unpaired) electrons. The van der Waals surface area contributed by atoms with Crippen molar-refractivity contribution in [3.63, 3.8) is 0 Å². The SMILES string of the molecule is Cc1cc(C)n(CC2(CNc3nccc(N4CC[C@H](O)C4)n3)CC2)n1. The summed E-state index contributed by atoms with van der Waals surface area (Å²) in [4.78, 5) is 11.1. The quantitative estimate of drug-likeness (QED) is 0.833. The van der Waals surface area contributed by atoms with Gasteiger partial charge in [-0.2, -0.15) is 10.1 Å². The van der Waals surface area contributed by atoms with Crippen LogP contribution in [0.15, 0.2) is 18.3 Å². The molecule has 134 valence electrons. The third-order valence-corrected chi connectivity index (χ3v) is 5.30. The Bertz CT molecular complexity index is 754. The summed E-state index contributed by atoms with van der Waals surface area (Å²) in [5.41, 5.74) is 2.55. The molecule has 3 heterocycles. The molecule has 0 aromatic carbocycles. The topological polar surface area (TPSA) is 79.1 Å². The number of aryl methyl sites for hydroxylation is 2. The van der Waals surface area contributed by atoms with Gasteiger partial charge < -0.3 is 15.3 Å². The van der Waals surface area contributed by atoms with E-state index in [2.05, 4.69) is 43.0 Å². The van der Waals surface area contributed by atoms with E-state index in [0.717, 1.165) is 37.6 Å². The molecule has 1 atom stereocenters. The molecule has 7 nitrogen and oxygen atoms in total. The maximum atomic E-state index is 9.70.